The van der Waals surface area contributed by atoms with Gasteiger partial charge in [0.05, 0.1) is 32.6 Å². The zero-order valence-corrected chi connectivity index (χ0v) is 11.1. The molecule has 0 aromatic carbocycles. The van der Waals surface area contributed by atoms with Crippen LogP contribution in [0.25, 0.3) is 0 Å². The summed E-state index contributed by atoms with van der Waals surface area (Å²) in [6.07, 6.45) is 1.92. The Morgan fingerprint density at radius 1 is 1.37 bits per heavy atom. The lowest BCUT2D eigenvalue weighted by molar-refractivity contribution is -0.161. The molecule has 0 saturated carbocycles. The summed E-state index contributed by atoms with van der Waals surface area (Å²) < 4.78 is 16.7. The van der Waals surface area contributed by atoms with Crippen molar-refractivity contribution >= 4 is 11.5 Å². The second kappa shape index (κ2) is 4.86. The topological polar surface area (TPSA) is 69.8 Å². The average molecular weight is 265 g/mol. The third-order valence-corrected chi connectivity index (χ3v) is 3.62. The van der Waals surface area contributed by atoms with Crippen molar-refractivity contribution < 1.29 is 14.2 Å². The second-order valence-electron chi connectivity index (χ2n) is 4.90. The fourth-order valence-electron chi connectivity index (χ4n) is 2.71. The lowest BCUT2D eigenvalue weighted by Crippen LogP contribution is -2.49. The number of nitrogen functional groups attached to an aromatic ring is 1. The molecular weight excluding hydrogens is 246 g/mol. The Labute approximate surface area is 112 Å². The summed E-state index contributed by atoms with van der Waals surface area (Å²) in [5.41, 5.74) is 6.67. The van der Waals surface area contributed by atoms with Crippen molar-refractivity contribution in [2.45, 2.75) is 18.6 Å². The number of hydrogen-bond donors (Lipinski definition) is 1. The average Bonchev–Trinajstić information content (AvgIpc) is 2.87. The number of anilines is 2. The van der Waals surface area contributed by atoms with Crippen LogP contribution >= 0.6 is 0 Å². The number of aromatic nitrogens is 1. The molecule has 2 N–H and O–H groups in total. The Morgan fingerprint density at radius 3 is 2.89 bits per heavy atom. The van der Waals surface area contributed by atoms with Gasteiger partial charge in [-0.25, -0.2) is 0 Å². The Balaban J connectivity index is 1.85. The molecule has 2 aliphatic rings. The van der Waals surface area contributed by atoms with E-state index in [2.05, 4.69) is 9.88 Å². The fraction of sp³-hybridized carbons (Fsp3) is 0.615. The van der Waals surface area contributed by atoms with Crippen LogP contribution in [0.4, 0.5) is 11.5 Å². The molecule has 19 heavy (non-hydrogen) atoms. The van der Waals surface area contributed by atoms with Crippen molar-refractivity contribution in [3.8, 4) is 5.88 Å². The minimum Gasteiger partial charge on any atom is -0.481 e. The molecule has 0 radical (unpaired) electrons. The third-order valence-electron chi connectivity index (χ3n) is 3.62. The number of piperidine rings is 1. The van der Waals surface area contributed by atoms with Gasteiger partial charge in [0.1, 0.15) is 0 Å². The van der Waals surface area contributed by atoms with Crippen LogP contribution < -0.4 is 15.4 Å². The van der Waals surface area contributed by atoms with Crippen molar-refractivity contribution in [1.29, 1.82) is 0 Å². The van der Waals surface area contributed by atoms with Crippen LogP contribution in [0.3, 0.4) is 0 Å². The maximum absolute atomic E-state index is 6.02. The van der Waals surface area contributed by atoms with Crippen LogP contribution in [0.2, 0.25) is 0 Å². The summed E-state index contributed by atoms with van der Waals surface area (Å²) >= 11 is 0. The predicted octanol–water partition coefficient (Wildman–Crippen LogP) is 1.02. The summed E-state index contributed by atoms with van der Waals surface area (Å²) in [7, 11) is 1.60. The van der Waals surface area contributed by atoms with E-state index in [1.54, 1.807) is 13.2 Å². The number of hydrogen-bond acceptors (Lipinski definition) is 6. The van der Waals surface area contributed by atoms with E-state index in [4.69, 9.17) is 19.9 Å². The van der Waals surface area contributed by atoms with Gasteiger partial charge in [-0.2, -0.15) is 4.98 Å². The monoisotopic (exact) mass is 265 g/mol. The highest BCUT2D eigenvalue weighted by atomic mass is 16.7. The van der Waals surface area contributed by atoms with Crippen LogP contribution in [0.1, 0.15) is 12.8 Å². The zero-order valence-electron chi connectivity index (χ0n) is 11.1. The van der Waals surface area contributed by atoms with Gasteiger partial charge in [0.2, 0.25) is 5.88 Å². The standard InChI is InChI=1S/C13H19N3O3/c1-17-11-4-3-10(14)12(15-11)16-6-2-5-13(9-16)18-7-8-19-13/h3-4H,2,5-9,14H2,1H3. The largest absolute Gasteiger partial charge is 0.481 e. The van der Waals surface area contributed by atoms with Crippen LogP contribution in [0.5, 0.6) is 5.88 Å². The number of ether oxygens (including phenoxy) is 3. The molecule has 0 atom stereocenters. The molecule has 2 fully saturated rings. The van der Waals surface area contributed by atoms with Gasteiger partial charge in [-0.3, -0.25) is 0 Å². The fourth-order valence-corrected chi connectivity index (χ4v) is 2.71. The molecule has 0 amide bonds. The summed E-state index contributed by atoms with van der Waals surface area (Å²) in [4.78, 5) is 6.55. The molecule has 1 aromatic heterocycles. The molecule has 1 spiro atoms. The molecular formula is C13H19N3O3. The molecule has 2 saturated heterocycles. The lowest BCUT2D eigenvalue weighted by atomic mass is 10.0. The van der Waals surface area contributed by atoms with Gasteiger partial charge in [0.15, 0.2) is 11.6 Å². The smallest absolute Gasteiger partial charge is 0.215 e. The Hall–Kier alpha value is -1.53. The molecule has 3 rings (SSSR count). The van der Waals surface area contributed by atoms with Crippen molar-refractivity contribution in [2.24, 2.45) is 0 Å². The van der Waals surface area contributed by atoms with Gasteiger partial charge < -0.3 is 24.8 Å². The molecule has 3 heterocycles. The molecule has 0 aliphatic carbocycles. The van der Waals surface area contributed by atoms with Crippen molar-refractivity contribution in [3.05, 3.63) is 12.1 Å². The zero-order chi connectivity index (χ0) is 13.3. The van der Waals surface area contributed by atoms with Gasteiger partial charge in [0, 0.05) is 19.0 Å². The molecule has 6 nitrogen and oxygen atoms in total. The van der Waals surface area contributed by atoms with Crippen molar-refractivity contribution in [3.63, 3.8) is 0 Å². The van der Waals surface area contributed by atoms with Gasteiger partial charge >= 0.3 is 0 Å². The van der Waals surface area contributed by atoms with Crippen molar-refractivity contribution in [2.75, 3.05) is 44.0 Å². The number of pyridine rings is 1. The van der Waals surface area contributed by atoms with Gasteiger partial charge in [-0.15, -0.1) is 0 Å². The van der Waals surface area contributed by atoms with E-state index in [0.29, 0.717) is 31.3 Å². The Kier molecular flexibility index (Phi) is 3.20. The van der Waals surface area contributed by atoms with Crippen LogP contribution in [-0.2, 0) is 9.47 Å². The van der Waals surface area contributed by atoms with E-state index in [1.807, 2.05) is 6.07 Å². The quantitative estimate of drug-likeness (QED) is 0.861. The Bertz CT molecular complexity index is 460. The highest BCUT2D eigenvalue weighted by Gasteiger charge is 2.41. The molecule has 6 heteroatoms. The van der Waals surface area contributed by atoms with Gasteiger partial charge in [-0.1, -0.05) is 0 Å². The highest BCUT2D eigenvalue weighted by molar-refractivity contribution is 5.64. The molecule has 0 unspecified atom stereocenters. The summed E-state index contributed by atoms with van der Waals surface area (Å²) in [5, 5.41) is 0. The van der Waals surface area contributed by atoms with E-state index < -0.39 is 5.79 Å². The molecule has 1 aromatic rings. The molecule has 0 bridgehead atoms. The van der Waals surface area contributed by atoms with Crippen molar-refractivity contribution in [1.82, 2.24) is 4.98 Å². The van der Waals surface area contributed by atoms with Crippen LogP contribution in [0, 0.1) is 0 Å². The first-order valence-electron chi connectivity index (χ1n) is 6.56. The maximum Gasteiger partial charge on any atom is 0.215 e. The SMILES string of the molecule is COc1ccc(N)c(N2CCCC3(C2)OCCO3)n1. The summed E-state index contributed by atoms with van der Waals surface area (Å²) in [6, 6.07) is 3.58. The molecule has 104 valence electrons. The number of nitrogens with zero attached hydrogens (tertiary/aromatic N) is 2. The Morgan fingerprint density at radius 2 is 2.16 bits per heavy atom. The summed E-state index contributed by atoms with van der Waals surface area (Å²) in [5.74, 6) is 0.838. The number of methoxy groups -OCH3 is 1. The molecule has 2 aliphatic heterocycles. The normalized spacial score (nSPS) is 21.8. The number of rotatable bonds is 2. The van der Waals surface area contributed by atoms with E-state index in [-0.39, 0.29) is 0 Å². The first-order chi connectivity index (χ1) is 9.22. The number of nitrogens with two attached hydrogens (primary N) is 1. The third kappa shape index (κ3) is 2.33. The van der Waals surface area contributed by atoms with E-state index in [0.717, 1.165) is 25.2 Å². The highest BCUT2D eigenvalue weighted by Crippen LogP contribution is 2.34. The van der Waals surface area contributed by atoms with E-state index in [9.17, 15) is 0 Å². The van der Waals surface area contributed by atoms with Crippen LogP contribution in [0.15, 0.2) is 12.1 Å². The minimum atomic E-state index is -0.477. The van der Waals surface area contributed by atoms with Gasteiger partial charge in [-0.05, 0) is 12.5 Å². The predicted molar refractivity (Wildman–Crippen MR) is 71.3 cm³/mol. The second-order valence-corrected chi connectivity index (χ2v) is 4.90. The first kappa shape index (κ1) is 12.5. The first-order valence-corrected chi connectivity index (χ1v) is 6.56. The minimum absolute atomic E-state index is 0.477. The lowest BCUT2D eigenvalue weighted by Gasteiger charge is -2.39. The maximum atomic E-state index is 6.02. The van der Waals surface area contributed by atoms with Crippen LogP contribution in [-0.4, -0.2) is 44.2 Å². The summed E-state index contributed by atoms with van der Waals surface area (Å²) in [6.45, 7) is 2.89. The van der Waals surface area contributed by atoms with E-state index >= 15 is 0 Å². The van der Waals surface area contributed by atoms with E-state index in [1.165, 1.54) is 0 Å². The van der Waals surface area contributed by atoms with Gasteiger partial charge in [0.25, 0.3) is 0 Å².